The highest BCUT2D eigenvalue weighted by molar-refractivity contribution is 5.33. The fourth-order valence-corrected chi connectivity index (χ4v) is 1.10. The van der Waals surface area contributed by atoms with E-state index in [1.54, 1.807) is 6.20 Å². The SMILES string of the molecule is C=CCC(C)Nc1ccnc(C)n1. The highest BCUT2D eigenvalue weighted by Crippen LogP contribution is 2.05. The van der Waals surface area contributed by atoms with Gasteiger partial charge in [0.05, 0.1) is 0 Å². The summed E-state index contributed by atoms with van der Waals surface area (Å²) in [6.07, 6.45) is 4.58. The van der Waals surface area contributed by atoms with Crippen molar-refractivity contribution in [1.82, 2.24) is 9.97 Å². The highest BCUT2D eigenvalue weighted by atomic mass is 15.0. The fraction of sp³-hybridized carbons (Fsp3) is 0.400. The Labute approximate surface area is 78.9 Å². The van der Waals surface area contributed by atoms with Crippen molar-refractivity contribution in [2.75, 3.05) is 5.32 Å². The van der Waals surface area contributed by atoms with Gasteiger partial charge in [0.15, 0.2) is 0 Å². The molecule has 1 aromatic heterocycles. The number of rotatable bonds is 4. The van der Waals surface area contributed by atoms with Gasteiger partial charge in [-0.05, 0) is 26.3 Å². The number of anilines is 1. The first-order chi connectivity index (χ1) is 6.22. The summed E-state index contributed by atoms with van der Waals surface area (Å²) in [5, 5.41) is 3.26. The lowest BCUT2D eigenvalue weighted by molar-refractivity contribution is 0.804. The molecule has 13 heavy (non-hydrogen) atoms. The molecule has 0 amide bonds. The minimum atomic E-state index is 0.367. The van der Waals surface area contributed by atoms with Gasteiger partial charge in [0.2, 0.25) is 0 Å². The molecule has 0 radical (unpaired) electrons. The highest BCUT2D eigenvalue weighted by Gasteiger charge is 2.00. The molecular weight excluding hydrogens is 162 g/mol. The van der Waals surface area contributed by atoms with Crippen molar-refractivity contribution in [3.63, 3.8) is 0 Å². The van der Waals surface area contributed by atoms with Crippen LogP contribution in [-0.2, 0) is 0 Å². The van der Waals surface area contributed by atoms with Crippen molar-refractivity contribution in [3.05, 3.63) is 30.7 Å². The van der Waals surface area contributed by atoms with Crippen molar-refractivity contribution in [2.24, 2.45) is 0 Å². The maximum Gasteiger partial charge on any atom is 0.129 e. The minimum Gasteiger partial charge on any atom is -0.367 e. The van der Waals surface area contributed by atoms with Crippen LogP contribution < -0.4 is 5.32 Å². The standard InChI is InChI=1S/C10H15N3/c1-4-5-8(2)12-10-6-7-11-9(3)13-10/h4,6-8H,1,5H2,2-3H3,(H,11,12,13). The van der Waals surface area contributed by atoms with E-state index in [0.29, 0.717) is 6.04 Å². The van der Waals surface area contributed by atoms with Crippen LogP contribution in [0.25, 0.3) is 0 Å². The molecular formula is C10H15N3. The lowest BCUT2D eigenvalue weighted by atomic mass is 10.2. The third-order valence-corrected chi connectivity index (χ3v) is 1.69. The van der Waals surface area contributed by atoms with Gasteiger partial charge in [0.25, 0.3) is 0 Å². The van der Waals surface area contributed by atoms with Gasteiger partial charge in [-0.2, -0.15) is 0 Å². The molecule has 1 unspecified atom stereocenters. The van der Waals surface area contributed by atoms with Crippen molar-refractivity contribution < 1.29 is 0 Å². The Morgan fingerprint density at radius 1 is 1.69 bits per heavy atom. The van der Waals surface area contributed by atoms with Crippen LogP contribution in [0, 0.1) is 6.92 Å². The molecule has 0 aliphatic carbocycles. The van der Waals surface area contributed by atoms with Crippen LogP contribution in [0.5, 0.6) is 0 Å². The number of hydrogen-bond acceptors (Lipinski definition) is 3. The van der Waals surface area contributed by atoms with Gasteiger partial charge in [-0.1, -0.05) is 6.08 Å². The molecule has 3 nitrogen and oxygen atoms in total. The Bertz CT molecular complexity index is 283. The van der Waals surface area contributed by atoms with Gasteiger partial charge in [-0.3, -0.25) is 0 Å². The molecule has 1 rings (SSSR count). The van der Waals surface area contributed by atoms with E-state index in [1.807, 2.05) is 19.1 Å². The summed E-state index contributed by atoms with van der Waals surface area (Å²) in [5.41, 5.74) is 0. The van der Waals surface area contributed by atoms with E-state index in [-0.39, 0.29) is 0 Å². The largest absolute Gasteiger partial charge is 0.367 e. The summed E-state index contributed by atoms with van der Waals surface area (Å²) in [7, 11) is 0. The normalized spacial score (nSPS) is 12.2. The van der Waals surface area contributed by atoms with Gasteiger partial charge in [-0.25, -0.2) is 9.97 Å². The number of nitrogens with one attached hydrogen (secondary N) is 1. The first-order valence-electron chi connectivity index (χ1n) is 4.39. The zero-order valence-corrected chi connectivity index (χ0v) is 8.12. The molecule has 0 spiro atoms. The predicted molar refractivity (Wildman–Crippen MR) is 54.7 cm³/mol. The van der Waals surface area contributed by atoms with E-state index in [4.69, 9.17) is 0 Å². The van der Waals surface area contributed by atoms with Crippen LogP contribution in [0.3, 0.4) is 0 Å². The van der Waals surface area contributed by atoms with E-state index in [2.05, 4.69) is 28.8 Å². The summed E-state index contributed by atoms with van der Waals surface area (Å²) in [6.45, 7) is 7.66. The second kappa shape index (κ2) is 4.60. The van der Waals surface area contributed by atoms with Crippen LogP contribution >= 0.6 is 0 Å². The average molecular weight is 177 g/mol. The smallest absolute Gasteiger partial charge is 0.129 e. The van der Waals surface area contributed by atoms with Gasteiger partial charge in [0, 0.05) is 12.2 Å². The van der Waals surface area contributed by atoms with Crippen molar-refractivity contribution in [3.8, 4) is 0 Å². The molecule has 0 aliphatic rings. The molecule has 0 fully saturated rings. The van der Waals surface area contributed by atoms with E-state index in [9.17, 15) is 0 Å². The minimum absolute atomic E-state index is 0.367. The number of aryl methyl sites for hydroxylation is 1. The van der Waals surface area contributed by atoms with Gasteiger partial charge in [0.1, 0.15) is 11.6 Å². The van der Waals surface area contributed by atoms with Crippen molar-refractivity contribution in [1.29, 1.82) is 0 Å². The molecule has 1 atom stereocenters. The van der Waals surface area contributed by atoms with Gasteiger partial charge in [-0.15, -0.1) is 6.58 Å². The van der Waals surface area contributed by atoms with E-state index < -0.39 is 0 Å². The maximum absolute atomic E-state index is 4.24. The number of aromatic nitrogens is 2. The number of nitrogens with zero attached hydrogens (tertiary/aromatic N) is 2. The number of hydrogen-bond donors (Lipinski definition) is 1. The predicted octanol–water partition coefficient (Wildman–Crippen LogP) is 2.16. The Balaban J connectivity index is 2.58. The summed E-state index contributed by atoms with van der Waals surface area (Å²) in [5.74, 6) is 1.66. The Morgan fingerprint density at radius 3 is 3.08 bits per heavy atom. The molecule has 0 saturated heterocycles. The second-order valence-corrected chi connectivity index (χ2v) is 3.06. The molecule has 70 valence electrons. The molecule has 0 aromatic carbocycles. The average Bonchev–Trinajstić information content (AvgIpc) is 2.04. The Hall–Kier alpha value is -1.38. The van der Waals surface area contributed by atoms with Gasteiger partial charge >= 0.3 is 0 Å². The summed E-state index contributed by atoms with van der Waals surface area (Å²) < 4.78 is 0. The molecule has 0 aliphatic heterocycles. The molecule has 0 saturated carbocycles. The Kier molecular flexibility index (Phi) is 3.43. The third kappa shape index (κ3) is 3.23. The summed E-state index contributed by atoms with van der Waals surface area (Å²) in [6, 6.07) is 2.24. The Morgan fingerprint density at radius 2 is 2.46 bits per heavy atom. The summed E-state index contributed by atoms with van der Waals surface area (Å²) >= 11 is 0. The zero-order valence-electron chi connectivity index (χ0n) is 8.12. The first-order valence-corrected chi connectivity index (χ1v) is 4.39. The van der Waals surface area contributed by atoms with Crippen molar-refractivity contribution >= 4 is 5.82 Å². The maximum atomic E-state index is 4.24. The van der Waals surface area contributed by atoms with Crippen LogP contribution in [0.1, 0.15) is 19.2 Å². The topological polar surface area (TPSA) is 37.8 Å². The molecule has 0 bridgehead atoms. The molecule has 1 aromatic rings. The van der Waals surface area contributed by atoms with Crippen LogP contribution in [0.15, 0.2) is 24.9 Å². The second-order valence-electron chi connectivity index (χ2n) is 3.06. The van der Waals surface area contributed by atoms with Gasteiger partial charge < -0.3 is 5.32 Å². The van der Waals surface area contributed by atoms with Crippen LogP contribution in [0.2, 0.25) is 0 Å². The van der Waals surface area contributed by atoms with E-state index in [1.165, 1.54) is 0 Å². The van der Waals surface area contributed by atoms with E-state index in [0.717, 1.165) is 18.1 Å². The molecule has 1 N–H and O–H groups in total. The molecule has 1 heterocycles. The summed E-state index contributed by atoms with van der Waals surface area (Å²) in [4.78, 5) is 8.26. The molecule has 3 heteroatoms. The van der Waals surface area contributed by atoms with E-state index >= 15 is 0 Å². The quantitative estimate of drug-likeness (QED) is 0.716. The lowest BCUT2D eigenvalue weighted by Crippen LogP contribution is -2.15. The van der Waals surface area contributed by atoms with Crippen LogP contribution in [-0.4, -0.2) is 16.0 Å². The first kappa shape index (κ1) is 9.71. The lowest BCUT2D eigenvalue weighted by Gasteiger charge is -2.11. The fourth-order valence-electron chi connectivity index (χ4n) is 1.10. The van der Waals surface area contributed by atoms with Crippen LogP contribution in [0.4, 0.5) is 5.82 Å². The van der Waals surface area contributed by atoms with Crippen molar-refractivity contribution in [2.45, 2.75) is 26.3 Å². The third-order valence-electron chi connectivity index (χ3n) is 1.69. The zero-order chi connectivity index (χ0) is 9.68. The monoisotopic (exact) mass is 177 g/mol.